The minimum Gasteiger partial charge on any atom is -0.494 e. The Kier molecular flexibility index (Phi) is 11.6. The number of ether oxygens (including phenoxy) is 1. The van der Waals surface area contributed by atoms with E-state index < -0.39 is 27.6 Å². The molecule has 3 aromatic carbocycles. The molecule has 54 heavy (non-hydrogen) atoms. The van der Waals surface area contributed by atoms with Crippen molar-refractivity contribution in [2.24, 2.45) is 7.05 Å². The van der Waals surface area contributed by atoms with E-state index in [9.17, 15) is 23.1 Å². The molecule has 0 atom stereocenters. The van der Waals surface area contributed by atoms with Gasteiger partial charge in [0, 0.05) is 53.6 Å². The third-order valence-electron chi connectivity index (χ3n) is 9.41. The first-order chi connectivity index (χ1) is 25.9. The normalized spacial score (nSPS) is 11.6. The number of aliphatic hydroxyl groups excluding tert-OH is 1. The van der Waals surface area contributed by atoms with Crippen molar-refractivity contribution in [3.05, 3.63) is 129 Å². The molecule has 0 bridgehead atoms. The first-order valence-corrected chi connectivity index (χ1v) is 19.6. The summed E-state index contributed by atoms with van der Waals surface area (Å²) in [4.78, 5) is 30.1. The molecule has 0 saturated carbocycles. The number of hydrogen-bond acceptors (Lipinski definition) is 7. The largest absolute Gasteiger partial charge is 0.494 e. The fraction of sp³-hybridized carbons (Fsp3) is 0.275. The van der Waals surface area contributed by atoms with Crippen molar-refractivity contribution in [3.63, 3.8) is 0 Å². The smallest absolute Gasteiger partial charge is 0.281 e. The Labute approximate surface area is 319 Å². The Hall–Kier alpha value is -5.37. The maximum absolute atomic E-state index is 13.8. The third-order valence-corrected chi connectivity index (χ3v) is 11.2. The predicted molar refractivity (Wildman–Crippen MR) is 209 cm³/mol. The second-order valence-electron chi connectivity index (χ2n) is 13.2. The molecule has 4 N–H and O–H groups in total. The zero-order valence-electron chi connectivity index (χ0n) is 30.6. The standard InChI is InChI=1S/C40H43ClN6O6S/c1-25-21-29(22-26(2)36(25)41)53-19-10-15-31-30-13-8-14-32(35-27(3)46(4)44-33(35)24-48)37(30)43-38(31)40(50)45-54(51,52)20-17-42-39(49)34-16-9-18-47(34)23-28-11-6-5-7-12-28/h5-9,11-14,16,18,21-22,43,48H,10,15,17,19-20,23-24H2,1-4H3,(H,42,49)(H,45,50). The Morgan fingerprint density at radius 2 is 1.72 bits per heavy atom. The van der Waals surface area contributed by atoms with Gasteiger partial charge in [0.15, 0.2) is 0 Å². The summed E-state index contributed by atoms with van der Waals surface area (Å²) < 4.78 is 38.2. The van der Waals surface area contributed by atoms with Crippen LogP contribution < -0.4 is 14.8 Å². The molecule has 0 unspecified atom stereocenters. The van der Waals surface area contributed by atoms with Gasteiger partial charge in [-0.1, -0.05) is 60.1 Å². The highest BCUT2D eigenvalue weighted by Gasteiger charge is 2.25. The predicted octanol–water partition coefficient (Wildman–Crippen LogP) is 5.99. The SMILES string of the molecule is Cc1cc(OCCCc2c(C(=O)NS(=O)(=O)CCNC(=O)c3cccn3Cc3ccccc3)[nH]c3c(-c4c(CO)nn(C)c4C)cccc23)cc(C)c1Cl. The molecular formula is C40H43ClN6O6S. The molecular weight excluding hydrogens is 728 g/mol. The summed E-state index contributed by atoms with van der Waals surface area (Å²) in [6, 6.07) is 22.4. The van der Waals surface area contributed by atoms with Crippen molar-refractivity contribution >= 4 is 44.3 Å². The first kappa shape index (κ1) is 38.4. The van der Waals surface area contributed by atoms with Crippen molar-refractivity contribution in [1.82, 2.24) is 29.4 Å². The van der Waals surface area contributed by atoms with Crippen molar-refractivity contribution in [3.8, 4) is 16.9 Å². The van der Waals surface area contributed by atoms with Gasteiger partial charge in [0.25, 0.3) is 11.8 Å². The van der Waals surface area contributed by atoms with Crippen molar-refractivity contribution < 1.29 is 27.9 Å². The number of aromatic nitrogens is 4. The summed E-state index contributed by atoms with van der Waals surface area (Å²) in [7, 11) is -2.39. The molecule has 3 aromatic heterocycles. The van der Waals surface area contributed by atoms with E-state index in [1.807, 2.05) is 81.4 Å². The highest BCUT2D eigenvalue weighted by Crippen LogP contribution is 2.36. The van der Waals surface area contributed by atoms with Crippen LogP contribution in [0.5, 0.6) is 5.75 Å². The number of aromatic amines is 1. The van der Waals surface area contributed by atoms with Crippen LogP contribution in [0.3, 0.4) is 0 Å². The molecule has 0 aliphatic heterocycles. The van der Waals surface area contributed by atoms with E-state index in [0.717, 1.165) is 33.3 Å². The minimum atomic E-state index is -4.18. The molecule has 0 saturated heterocycles. The van der Waals surface area contributed by atoms with Gasteiger partial charge in [-0.15, -0.1) is 0 Å². The van der Waals surface area contributed by atoms with Crippen LogP contribution in [0.25, 0.3) is 22.0 Å². The summed E-state index contributed by atoms with van der Waals surface area (Å²) in [5, 5.41) is 18.7. The van der Waals surface area contributed by atoms with Gasteiger partial charge in [0.1, 0.15) is 17.1 Å². The number of amides is 2. The number of halogens is 1. The van der Waals surface area contributed by atoms with Gasteiger partial charge in [-0.05, 0) is 80.1 Å². The zero-order valence-corrected chi connectivity index (χ0v) is 32.1. The number of carbonyl (C=O) groups is 2. The number of fused-ring (bicyclic) bond motifs is 1. The monoisotopic (exact) mass is 770 g/mol. The van der Waals surface area contributed by atoms with Gasteiger partial charge in [-0.25, -0.2) is 13.1 Å². The van der Waals surface area contributed by atoms with Gasteiger partial charge < -0.3 is 24.7 Å². The number of carbonyl (C=O) groups excluding carboxylic acids is 2. The van der Waals surface area contributed by atoms with Crippen LogP contribution in [0.15, 0.2) is 79.0 Å². The van der Waals surface area contributed by atoms with E-state index in [1.165, 1.54) is 0 Å². The van der Waals surface area contributed by atoms with Crippen LogP contribution in [0, 0.1) is 20.8 Å². The molecule has 3 heterocycles. The highest BCUT2D eigenvalue weighted by atomic mass is 35.5. The summed E-state index contributed by atoms with van der Waals surface area (Å²) in [6.07, 6.45) is 2.68. The summed E-state index contributed by atoms with van der Waals surface area (Å²) >= 11 is 6.33. The second-order valence-corrected chi connectivity index (χ2v) is 15.5. The number of aryl methyl sites for hydroxylation is 4. The van der Waals surface area contributed by atoms with Crippen LogP contribution in [-0.4, -0.2) is 63.6 Å². The molecule has 0 radical (unpaired) electrons. The number of nitrogens with one attached hydrogen (secondary N) is 3. The van der Waals surface area contributed by atoms with E-state index in [1.54, 1.807) is 34.6 Å². The lowest BCUT2D eigenvalue weighted by Crippen LogP contribution is -2.38. The number of hydrogen-bond donors (Lipinski definition) is 4. The van der Waals surface area contributed by atoms with Crippen LogP contribution in [0.4, 0.5) is 0 Å². The van der Waals surface area contributed by atoms with Crippen molar-refractivity contribution in [2.45, 2.75) is 46.8 Å². The molecule has 282 valence electrons. The molecule has 12 nitrogen and oxygen atoms in total. The molecule has 6 rings (SSSR count). The number of rotatable bonds is 15. The zero-order chi connectivity index (χ0) is 38.6. The van der Waals surface area contributed by atoms with E-state index >= 15 is 0 Å². The van der Waals surface area contributed by atoms with E-state index in [4.69, 9.17) is 16.3 Å². The Balaban J connectivity index is 1.20. The maximum Gasteiger partial charge on any atom is 0.281 e. The summed E-state index contributed by atoms with van der Waals surface area (Å²) in [5.41, 5.74) is 7.25. The minimum absolute atomic E-state index is 0.0917. The van der Waals surface area contributed by atoms with Crippen LogP contribution in [-0.2, 0) is 36.6 Å². The maximum atomic E-state index is 13.8. The fourth-order valence-electron chi connectivity index (χ4n) is 6.67. The highest BCUT2D eigenvalue weighted by molar-refractivity contribution is 7.90. The number of aliphatic hydroxyl groups is 1. The van der Waals surface area contributed by atoms with E-state index in [2.05, 4.69) is 20.1 Å². The van der Waals surface area contributed by atoms with Gasteiger partial charge in [-0.2, -0.15) is 5.10 Å². The molecule has 6 aromatic rings. The average Bonchev–Trinajstić information content (AvgIpc) is 3.84. The number of H-pyrrole nitrogens is 1. The quantitative estimate of drug-likeness (QED) is 0.0934. The van der Waals surface area contributed by atoms with Crippen LogP contribution in [0.1, 0.15) is 61.0 Å². The summed E-state index contributed by atoms with van der Waals surface area (Å²) in [5.74, 6) is -1.10. The average molecular weight is 771 g/mol. The Bertz CT molecular complexity index is 2410. The Morgan fingerprint density at radius 1 is 0.981 bits per heavy atom. The Morgan fingerprint density at radius 3 is 2.44 bits per heavy atom. The number of para-hydroxylation sites is 1. The molecule has 0 aliphatic carbocycles. The topological polar surface area (TPSA) is 160 Å². The van der Waals surface area contributed by atoms with Crippen molar-refractivity contribution in [1.29, 1.82) is 0 Å². The van der Waals surface area contributed by atoms with Crippen molar-refractivity contribution in [2.75, 3.05) is 18.9 Å². The van der Waals surface area contributed by atoms with Crippen LogP contribution in [0.2, 0.25) is 5.02 Å². The van der Waals surface area contributed by atoms with Gasteiger partial charge in [0.2, 0.25) is 10.0 Å². The van der Waals surface area contributed by atoms with Gasteiger partial charge >= 0.3 is 0 Å². The van der Waals surface area contributed by atoms with Gasteiger partial charge in [0.05, 0.1) is 30.2 Å². The second kappa shape index (κ2) is 16.3. The lowest BCUT2D eigenvalue weighted by molar-refractivity contribution is 0.0946. The molecule has 0 fully saturated rings. The molecule has 2 amide bonds. The molecule has 14 heteroatoms. The lowest BCUT2D eigenvalue weighted by atomic mass is 9.98. The van der Waals surface area contributed by atoms with Gasteiger partial charge in [-0.3, -0.25) is 14.3 Å². The summed E-state index contributed by atoms with van der Waals surface area (Å²) in [6.45, 7) is 6.02. The first-order valence-electron chi connectivity index (χ1n) is 17.6. The molecule has 0 spiro atoms. The number of nitrogens with zero attached hydrogens (tertiary/aromatic N) is 3. The van der Waals surface area contributed by atoms with E-state index in [0.29, 0.717) is 64.8 Å². The van der Waals surface area contributed by atoms with E-state index in [-0.39, 0.29) is 18.8 Å². The third kappa shape index (κ3) is 8.38. The number of sulfonamides is 1. The lowest BCUT2D eigenvalue weighted by Gasteiger charge is -2.12. The molecule has 0 aliphatic rings. The van der Waals surface area contributed by atoms with Crippen LogP contribution >= 0.6 is 11.6 Å². The number of benzene rings is 3. The fourth-order valence-corrected chi connectivity index (χ4v) is 7.64.